The maximum atomic E-state index is 5.11. The van der Waals surface area contributed by atoms with Gasteiger partial charge in [-0.3, -0.25) is 0 Å². The van der Waals surface area contributed by atoms with Crippen LogP contribution in [0.5, 0.6) is 0 Å². The topological polar surface area (TPSA) is 30.5 Å². The molecule has 0 rings (SSSR count). The highest BCUT2D eigenvalue weighted by Crippen LogP contribution is 2.18. The second-order valence-electron chi connectivity index (χ2n) is 4.12. The van der Waals surface area contributed by atoms with Gasteiger partial charge in [0.15, 0.2) is 0 Å². The van der Waals surface area contributed by atoms with Crippen molar-refractivity contribution in [2.75, 3.05) is 40.5 Å². The van der Waals surface area contributed by atoms with Crippen molar-refractivity contribution in [3.8, 4) is 0 Å². The second kappa shape index (κ2) is 10.4. The summed E-state index contributed by atoms with van der Waals surface area (Å²) in [5.41, 5.74) is 0. The lowest BCUT2D eigenvalue weighted by atomic mass is 9.89. The van der Waals surface area contributed by atoms with Crippen LogP contribution in [0.25, 0.3) is 0 Å². The smallest absolute Gasteiger partial charge is 0.0587 e. The van der Waals surface area contributed by atoms with E-state index in [1.165, 1.54) is 6.42 Å². The van der Waals surface area contributed by atoms with E-state index < -0.39 is 0 Å². The zero-order chi connectivity index (χ0) is 11.5. The minimum absolute atomic E-state index is 0.727. The van der Waals surface area contributed by atoms with E-state index in [2.05, 4.69) is 19.2 Å². The van der Waals surface area contributed by atoms with Crippen LogP contribution in [-0.4, -0.2) is 40.5 Å². The highest BCUT2D eigenvalue weighted by Gasteiger charge is 2.14. The molecular formula is C12H27NO2. The average molecular weight is 217 g/mol. The Balaban J connectivity index is 3.60. The van der Waals surface area contributed by atoms with E-state index >= 15 is 0 Å². The molecule has 92 valence electrons. The first-order valence-electron chi connectivity index (χ1n) is 5.94. The quantitative estimate of drug-likeness (QED) is 0.567. The van der Waals surface area contributed by atoms with Crippen LogP contribution in [-0.2, 0) is 9.47 Å². The first-order chi connectivity index (χ1) is 7.26. The van der Waals surface area contributed by atoms with Gasteiger partial charge in [-0.25, -0.2) is 0 Å². The monoisotopic (exact) mass is 217 g/mol. The van der Waals surface area contributed by atoms with Crippen LogP contribution >= 0.6 is 0 Å². The molecule has 0 saturated carbocycles. The van der Waals surface area contributed by atoms with Crippen molar-refractivity contribution in [2.24, 2.45) is 11.8 Å². The number of nitrogens with one attached hydrogen (secondary N) is 1. The summed E-state index contributed by atoms with van der Waals surface area (Å²) < 4.78 is 10.1. The number of rotatable bonds is 10. The van der Waals surface area contributed by atoms with E-state index in [4.69, 9.17) is 9.47 Å². The molecule has 0 radical (unpaired) electrons. The molecule has 3 heteroatoms. The van der Waals surface area contributed by atoms with Gasteiger partial charge in [0.25, 0.3) is 0 Å². The molecule has 0 amide bonds. The largest absolute Gasteiger partial charge is 0.385 e. The zero-order valence-electron chi connectivity index (χ0n) is 10.7. The van der Waals surface area contributed by atoms with Crippen molar-refractivity contribution in [2.45, 2.75) is 26.7 Å². The van der Waals surface area contributed by atoms with Crippen LogP contribution in [0, 0.1) is 11.8 Å². The van der Waals surface area contributed by atoms with E-state index in [9.17, 15) is 0 Å². The third kappa shape index (κ3) is 7.77. The third-order valence-corrected chi connectivity index (χ3v) is 3.00. The van der Waals surface area contributed by atoms with E-state index in [0.29, 0.717) is 0 Å². The normalized spacial score (nSPS) is 15.2. The van der Waals surface area contributed by atoms with Crippen molar-refractivity contribution in [1.82, 2.24) is 5.32 Å². The molecule has 0 heterocycles. The van der Waals surface area contributed by atoms with Crippen LogP contribution in [0.2, 0.25) is 0 Å². The zero-order valence-corrected chi connectivity index (χ0v) is 10.7. The van der Waals surface area contributed by atoms with E-state index in [-0.39, 0.29) is 0 Å². The molecular weight excluding hydrogens is 190 g/mol. The fourth-order valence-corrected chi connectivity index (χ4v) is 1.75. The molecule has 0 aliphatic heterocycles. The number of ether oxygens (including phenoxy) is 2. The van der Waals surface area contributed by atoms with Crippen molar-refractivity contribution in [1.29, 1.82) is 0 Å². The fourth-order valence-electron chi connectivity index (χ4n) is 1.75. The molecule has 0 aromatic carbocycles. The van der Waals surface area contributed by atoms with Gasteiger partial charge in [0.05, 0.1) is 6.61 Å². The molecule has 0 fully saturated rings. The van der Waals surface area contributed by atoms with Crippen LogP contribution < -0.4 is 5.32 Å². The maximum Gasteiger partial charge on any atom is 0.0587 e. The molecule has 0 spiro atoms. The second-order valence-corrected chi connectivity index (χ2v) is 4.12. The maximum absolute atomic E-state index is 5.11. The Bertz CT molecular complexity index is 131. The summed E-state index contributed by atoms with van der Waals surface area (Å²) in [6, 6.07) is 0. The highest BCUT2D eigenvalue weighted by molar-refractivity contribution is 4.67. The highest BCUT2D eigenvalue weighted by atomic mass is 16.5. The fraction of sp³-hybridized carbons (Fsp3) is 1.00. The summed E-state index contributed by atoms with van der Waals surface area (Å²) in [6.45, 7) is 8.27. The Kier molecular flexibility index (Phi) is 10.3. The molecule has 0 saturated heterocycles. The van der Waals surface area contributed by atoms with E-state index in [1.807, 2.05) is 0 Å². The Morgan fingerprint density at radius 2 is 1.80 bits per heavy atom. The minimum Gasteiger partial charge on any atom is -0.385 e. The van der Waals surface area contributed by atoms with Gasteiger partial charge in [0.1, 0.15) is 0 Å². The molecule has 0 bridgehead atoms. The van der Waals surface area contributed by atoms with Crippen LogP contribution in [0.1, 0.15) is 26.7 Å². The van der Waals surface area contributed by atoms with Crippen LogP contribution in [0.3, 0.4) is 0 Å². The van der Waals surface area contributed by atoms with Crippen molar-refractivity contribution in [3.05, 3.63) is 0 Å². The lowest BCUT2D eigenvalue weighted by Gasteiger charge is -2.22. The van der Waals surface area contributed by atoms with Gasteiger partial charge in [0, 0.05) is 27.4 Å². The Labute approximate surface area is 94.5 Å². The lowest BCUT2D eigenvalue weighted by molar-refractivity contribution is 0.160. The van der Waals surface area contributed by atoms with Gasteiger partial charge in [-0.15, -0.1) is 0 Å². The molecule has 0 aromatic rings. The van der Waals surface area contributed by atoms with Gasteiger partial charge < -0.3 is 14.8 Å². The standard InChI is InChI=1S/C12H27NO2/c1-5-12(10-13-7-9-15-4)11(2)6-8-14-3/h11-13H,5-10H2,1-4H3. The molecule has 2 atom stereocenters. The van der Waals surface area contributed by atoms with Gasteiger partial charge in [-0.2, -0.15) is 0 Å². The predicted octanol–water partition coefficient (Wildman–Crippen LogP) is 1.92. The van der Waals surface area contributed by atoms with Crippen molar-refractivity contribution >= 4 is 0 Å². The van der Waals surface area contributed by atoms with E-state index in [0.717, 1.165) is 44.6 Å². The number of methoxy groups -OCH3 is 2. The summed E-state index contributed by atoms with van der Waals surface area (Å²) in [7, 11) is 3.50. The summed E-state index contributed by atoms with van der Waals surface area (Å²) in [6.07, 6.45) is 2.38. The Morgan fingerprint density at radius 3 is 2.33 bits per heavy atom. The Hall–Kier alpha value is -0.120. The average Bonchev–Trinajstić information content (AvgIpc) is 2.26. The van der Waals surface area contributed by atoms with Crippen LogP contribution in [0.4, 0.5) is 0 Å². The van der Waals surface area contributed by atoms with Crippen LogP contribution in [0.15, 0.2) is 0 Å². The molecule has 2 unspecified atom stereocenters. The molecule has 0 aromatic heterocycles. The van der Waals surface area contributed by atoms with Crippen molar-refractivity contribution in [3.63, 3.8) is 0 Å². The molecule has 3 nitrogen and oxygen atoms in total. The summed E-state index contributed by atoms with van der Waals surface area (Å²) >= 11 is 0. The van der Waals surface area contributed by atoms with Crippen molar-refractivity contribution < 1.29 is 9.47 Å². The third-order valence-electron chi connectivity index (χ3n) is 3.00. The molecule has 0 aliphatic rings. The van der Waals surface area contributed by atoms with E-state index in [1.54, 1.807) is 14.2 Å². The summed E-state index contributed by atoms with van der Waals surface area (Å²) in [5.74, 6) is 1.47. The lowest BCUT2D eigenvalue weighted by Crippen LogP contribution is -2.29. The summed E-state index contributed by atoms with van der Waals surface area (Å²) in [5, 5.41) is 3.43. The first kappa shape index (κ1) is 14.9. The predicted molar refractivity (Wildman–Crippen MR) is 64.2 cm³/mol. The number of hydrogen-bond donors (Lipinski definition) is 1. The van der Waals surface area contributed by atoms with Gasteiger partial charge in [-0.1, -0.05) is 20.3 Å². The van der Waals surface area contributed by atoms with Gasteiger partial charge >= 0.3 is 0 Å². The molecule has 15 heavy (non-hydrogen) atoms. The van der Waals surface area contributed by atoms with Gasteiger partial charge in [0.2, 0.25) is 0 Å². The first-order valence-corrected chi connectivity index (χ1v) is 5.94. The summed E-state index contributed by atoms with van der Waals surface area (Å²) in [4.78, 5) is 0. The number of hydrogen-bond acceptors (Lipinski definition) is 3. The van der Waals surface area contributed by atoms with Gasteiger partial charge in [-0.05, 0) is 24.8 Å². The molecule has 1 N–H and O–H groups in total. The Morgan fingerprint density at radius 1 is 1.13 bits per heavy atom. The molecule has 0 aliphatic carbocycles. The minimum atomic E-state index is 0.727. The SMILES string of the molecule is CCC(CNCCOC)C(C)CCOC.